The molecule has 0 saturated carbocycles. The van der Waals surface area contributed by atoms with Gasteiger partial charge in [0.25, 0.3) is 0 Å². The summed E-state index contributed by atoms with van der Waals surface area (Å²) >= 11 is 1.71. The van der Waals surface area contributed by atoms with Crippen molar-refractivity contribution in [3.63, 3.8) is 0 Å². The summed E-state index contributed by atoms with van der Waals surface area (Å²) in [6, 6.07) is 10.7. The minimum Gasteiger partial charge on any atom is -0.308 e. The Kier molecular flexibility index (Phi) is 4.58. The molecule has 0 aliphatic carbocycles. The van der Waals surface area contributed by atoms with Crippen molar-refractivity contribution in [3.05, 3.63) is 58.8 Å². The molecule has 1 aromatic carbocycles. The third-order valence-corrected chi connectivity index (χ3v) is 4.34. The van der Waals surface area contributed by atoms with Crippen molar-refractivity contribution in [2.45, 2.75) is 25.8 Å². The highest BCUT2D eigenvalue weighted by Crippen LogP contribution is 2.25. The van der Waals surface area contributed by atoms with E-state index in [1.807, 2.05) is 17.8 Å². The third kappa shape index (κ3) is 3.28. The molecule has 2 heterocycles. The maximum Gasteiger partial charge on any atom is 0.0944 e. The van der Waals surface area contributed by atoms with Crippen LogP contribution in [0.3, 0.4) is 0 Å². The lowest BCUT2D eigenvalue weighted by Gasteiger charge is -2.18. The Hall–Kier alpha value is -1.78. The van der Waals surface area contributed by atoms with Crippen LogP contribution in [0.1, 0.15) is 30.1 Å². The van der Waals surface area contributed by atoms with Gasteiger partial charge >= 0.3 is 0 Å². The van der Waals surface area contributed by atoms with Crippen LogP contribution in [0, 0.1) is 0 Å². The maximum absolute atomic E-state index is 4.66. The number of nitrogens with one attached hydrogen (secondary N) is 1. The fourth-order valence-corrected chi connectivity index (χ4v) is 3.20. The van der Waals surface area contributed by atoms with Crippen LogP contribution < -0.4 is 5.32 Å². The van der Waals surface area contributed by atoms with Gasteiger partial charge in [-0.15, -0.1) is 11.3 Å². The van der Waals surface area contributed by atoms with Crippen molar-refractivity contribution in [3.8, 4) is 0 Å². The minimum atomic E-state index is 0.210. The highest BCUT2D eigenvalue weighted by Gasteiger charge is 2.16. The van der Waals surface area contributed by atoms with Gasteiger partial charge < -0.3 is 5.32 Å². The summed E-state index contributed by atoms with van der Waals surface area (Å²) in [5, 5.41) is 9.27. The predicted molar refractivity (Wildman–Crippen MR) is 88.6 cm³/mol. The molecule has 3 aromatic rings. The lowest BCUT2D eigenvalue weighted by molar-refractivity contribution is 0.520. The number of rotatable bonds is 6. The highest BCUT2D eigenvalue weighted by atomic mass is 32.1. The lowest BCUT2D eigenvalue weighted by atomic mass is 10.0. The molecule has 21 heavy (non-hydrogen) atoms. The number of thiazole rings is 1. The summed E-state index contributed by atoms with van der Waals surface area (Å²) in [7, 11) is 0. The summed E-state index contributed by atoms with van der Waals surface area (Å²) in [5.41, 5.74) is 1.12. The first kappa shape index (κ1) is 14.2. The van der Waals surface area contributed by atoms with Crippen LogP contribution in [0.25, 0.3) is 10.8 Å². The molecule has 108 valence electrons. The molecule has 0 saturated heterocycles. The van der Waals surface area contributed by atoms with Gasteiger partial charge in [-0.3, -0.25) is 4.98 Å². The summed E-state index contributed by atoms with van der Waals surface area (Å²) in [5.74, 6) is 0. The van der Waals surface area contributed by atoms with E-state index < -0.39 is 0 Å². The zero-order chi connectivity index (χ0) is 14.5. The molecule has 4 heteroatoms. The highest BCUT2D eigenvalue weighted by molar-refractivity contribution is 7.09. The predicted octanol–water partition coefficient (Wildman–Crippen LogP) is 3.97. The minimum absolute atomic E-state index is 0.210. The molecule has 0 aliphatic rings. The Balaban J connectivity index is 1.97. The van der Waals surface area contributed by atoms with Crippen LogP contribution in [0.15, 0.2) is 48.1 Å². The summed E-state index contributed by atoms with van der Waals surface area (Å²) in [6.45, 7) is 3.17. The average Bonchev–Trinajstić information content (AvgIpc) is 3.04. The molecule has 3 rings (SSSR count). The van der Waals surface area contributed by atoms with E-state index >= 15 is 0 Å². The number of nitrogens with zero attached hydrogens (tertiary/aromatic N) is 2. The molecular weight excluding hydrogens is 278 g/mol. The van der Waals surface area contributed by atoms with Gasteiger partial charge in [0, 0.05) is 29.6 Å². The van der Waals surface area contributed by atoms with E-state index in [4.69, 9.17) is 0 Å². The number of aromatic nitrogens is 2. The van der Waals surface area contributed by atoms with E-state index in [1.54, 1.807) is 11.3 Å². The first-order valence-corrected chi connectivity index (χ1v) is 8.22. The van der Waals surface area contributed by atoms with E-state index in [2.05, 4.69) is 52.5 Å². The zero-order valence-electron chi connectivity index (χ0n) is 12.1. The SMILES string of the molecule is CCCNC(Cc1nccs1)c1nccc2ccccc12. The molecule has 0 bridgehead atoms. The van der Waals surface area contributed by atoms with E-state index in [1.165, 1.54) is 10.8 Å². The van der Waals surface area contributed by atoms with Gasteiger partial charge in [-0.2, -0.15) is 0 Å². The molecule has 3 nitrogen and oxygen atoms in total. The molecule has 0 amide bonds. The lowest BCUT2D eigenvalue weighted by Crippen LogP contribution is -2.25. The Morgan fingerprint density at radius 2 is 2.05 bits per heavy atom. The second-order valence-electron chi connectivity index (χ2n) is 5.05. The largest absolute Gasteiger partial charge is 0.308 e. The fourth-order valence-electron chi connectivity index (χ4n) is 2.53. The van der Waals surface area contributed by atoms with E-state index in [0.29, 0.717) is 0 Å². The second kappa shape index (κ2) is 6.78. The molecule has 1 atom stereocenters. The van der Waals surface area contributed by atoms with Gasteiger partial charge in [0.2, 0.25) is 0 Å². The Labute approximate surface area is 129 Å². The van der Waals surface area contributed by atoms with Crippen molar-refractivity contribution in [2.24, 2.45) is 0 Å². The monoisotopic (exact) mass is 297 g/mol. The van der Waals surface area contributed by atoms with Gasteiger partial charge in [0.15, 0.2) is 0 Å². The molecule has 0 radical (unpaired) electrons. The smallest absolute Gasteiger partial charge is 0.0944 e. The molecule has 1 unspecified atom stereocenters. The van der Waals surface area contributed by atoms with E-state index in [0.717, 1.165) is 30.1 Å². The van der Waals surface area contributed by atoms with Crippen molar-refractivity contribution in [2.75, 3.05) is 6.54 Å². The number of fused-ring (bicyclic) bond motifs is 1. The van der Waals surface area contributed by atoms with Crippen LogP contribution in [0.2, 0.25) is 0 Å². The van der Waals surface area contributed by atoms with Crippen molar-refractivity contribution >= 4 is 22.1 Å². The molecule has 0 spiro atoms. The number of pyridine rings is 1. The van der Waals surface area contributed by atoms with Crippen LogP contribution in [0.4, 0.5) is 0 Å². The molecule has 0 aliphatic heterocycles. The van der Waals surface area contributed by atoms with Gasteiger partial charge in [-0.1, -0.05) is 31.2 Å². The van der Waals surface area contributed by atoms with Crippen molar-refractivity contribution in [1.29, 1.82) is 0 Å². The third-order valence-electron chi connectivity index (χ3n) is 3.54. The number of hydrogen-bond donors (Lipinski definition) is 1. The van der Waals surface area contributed by atoms with E-state index in [9.17, 15) is 0 Å². The molecule has 0 fully saturated rings. The Morgan fingerprint density at radius 3 is 2.86 bits per heavy atom. The van der Waals surface area contributed by atoms with Crippen molar-refractivity contribution < 1.29 is 0 Å². The van der Waals surface area contributed by atoms with Crippen LogP contribution >= 0.6 is 11.3 Å². The van der Waals surface area contributed by atoms with Gasteiger partial charge in [-0.05, 0) is 24.4 Å². The average molecular weight is 297 g/mol. The Bertz CT molecular complexity index is 689. The molecule has 1 N–H and O–H groups in total. The number of hydrogen-bond acceptors (Lipinski definition) is 4. The topological polar surface area (TPSA) is 37.8 Å². The Morgan fingerprint density at radius 1 is 1.14 bits per heavy atom. The second-order valence-corrected chi connectivity index (χ2v) is 6.03. The molecule has 2 aromatic heterocycles. The van der Waals surface area contributed by atoms with Gasteiger partial charge in [-0.25, -0.2) is 4.98 Å². The molecular formula is C17H19N3S. The van der Waals surface area contributed by atoms with Crippen LogP contribution in [-0.4, -0.2) is 16.5 Å². The quantitative estimate of drug-likeness (QED) is 0.748. The van der Waals surface area contributed by atoms with Crippen LogP contribution in [-0.2, 0) is 6.42 Å². The fraction of sp³-hybridized carbons (Fsp3) is 0.294. The zero-order valence-corrected chi connectivity index (χ0v) is 12.9. The van der Waals surface area contributed by atoms with Gasteiger partial charge in [0.05, 0.1) is 16.7 Å². The summed E-state index contributed by atoms with van der Waals surface area (Å²) in [4.78, 5) is 9.08. The van der Waals surface area contributed by atoms with Crippen LogP contribution in [0.5, 0.6) is 0 Å². The van der Waals surface area contributed by atoms with E-state index in [-0.39, 0.29) is 6.04 Å². The standard InChI is InChI=1S/C17H19N3S/c1-2-8-18-15(12-16-19-10-11-21-16)17-14-6-4-3-5-13(14)7-9-20-17/h3-7,9-11,15,18H,2,8,12H2,1H3. The van der Waals surface area contributed by atoms with Gasteiger partial charge in [0.1, 0.15) is 0 Å². The first-order chi connectivity index (χ1) is 10.4. The summed E-state index contributed by atoms with van der Waals surface area (Å²) < 4.78 is 0. The maximum atomic E-state index is 4.66. The number of benzene rings is 1. The normalized spacial score (nSPS) is 12.6. The van der Waals surface area contributed by atoms with Crippen molar-refractivity contribution in [1.82, 2.24) is 15.3 Å². The first-order valence-electron chi connectivity index (χ1n) is 7.34. The summed E-state index contributed by atoms with van der Waals surface area (Å²) in [6.07, 6.45) is 5.77.